The molecule has 1 heterocycles. The van der Waals surface area contributed by atoms with Crippen LogP contribution < -0.4 is 0 Å². The molecule has 1 aromatic rings. The molecule has 1 N–H and O–H groups in total. The van der Waals surface area contributed by atoms with Crippen LogP contribution in [0.1, 0.15) is 18.7 Å². The molecular formula is C11H17ClOS2. The maximum absolute atomic E-state index is 9.77. The lowest BCUT2D eigenvalue weighted by atomic mass is 10.2. The smallest absolute Gasteiger partial charge is 0.0931 e. The maximum Gasteiger partial charge on any atom is 0.0931 e. The van der Waals surface area contributed by atoms with Gasteiger partial charge >= 0.3 is 0 Å². The lowest BCUT2D eigenvalue weighted by Crippen LogP contribution is -2.13. The summed E-state index contributed by atoms with van der Waals surface area (Å²) in [4.78, 5) is 1.16. The Bertz CT molecular complexity index is 286. The van der Waals surface area contributed by atoms with Gasteiger partial charge in [0.25, 0.3) is 0 Å². The van der Waals surface area contributed by atoms with Crippen molar-refractivity contribution in [1.29, 1.82) is 0 Å². The first-order valence-electron chi connectivity index (χ1n) is 5.08. The Morgan fingerprint density at radius 1 is 1.40 bits per heavy atom. The molecule has 0 amide bonds. The molecule has 0 aliphatic heterocycles. The van der Waals surface area contributed by atoms with E-state index in [1.165, 1.54) is 0 Å². The molecule has 0 radical (unpaired) electrons. The molecule has 15 heavy (non-hydrogen) atoms. The SMILES string of the molecule is CC(C)CSCC(O)Cc1ccc(Cl)s1. The fourth-order valence-corrected chi connectivity index (χ4v) is 3.35. The van der Waals surface area contributed by atoms with Gasteiger partial charge in [-0.05, 0) is 23.8 Å². The number of rotatable bonds is 6. The van der Waals surface area contributed by atoms with Crippen LogP contribution in [0.5, 0.6) is 0 Å². The second-order valence-electron chi connectivity index (χ2n) is 4.00. The van der Waals surface area contributed by atoms with Gasteiger partial charge in [-0.25, -0.2) is 0 Å². The molecule has 1 atom stereocenters. The maximum atomic E-state index is 9.77. The van der Waals surface area contributed by atoms with Gasteiger partial charge in [-0.1, -0.05) is 25.4 Å². The van der Waals surface area contributed by atoms with Crippen LogP contribution in [0.2, 0.25) is 4.34 Å². The van der Waals surface area contributed by atoms with Crippen molar-refractivity contribution in [2.45, 2.75) is 26.4 Å². The average Bonchev–Trinajstić information content (AvgIpc) is 2.50. The first kappa shape index (κ1) is 13.4. The molecule has 0 aliphatic carbocycles. The molecule has 4 heteroatoms. The summed E-state index contributed by atoms with van der Waals surface area (Å²) in [6.07, 6.45) is 0.478. The van der Waals surface area contributed by atoms with Gasteiger partial charge in [0.2, 0.25) is 0 Å². The molecule has 86 valence electrons. The Hall–Kier alpha value is 0.300. The van der Waals surface area contributed by atoms with Gasteiger partial charge in [-0.3, -0.25) is 0 Å². The van der Waals surface area contributed by atoms with Crippen molar-refractivity contribution in [1.82, 2.24) is 0 Å². The third-order valence-corrected chi connectivity index (χ3v) is 4.60. The van der Waals surface area contributed by atoms with E-state index < -0.39 is 0 Å². The highest BCUT2D eigenvalue weighted by atomic mass is 35.5. The summed E-state index contributed by atoms with van der Waals surface area (Å²) >= 11 is 9.19. The van der Waals surface area contributed by atoms with Crippen molar-refractivity contribution in [3.63, 3.8) is 0 Å². The van der Waals surface area contributed by atoms with E-state index in [-0.39, 0.29) is 6.10 Å². The summed E-state index contributed by atoms with van der Waals surface area (Å²) in [5, 5.41) is 9.77. The number of aliphatic hydroxyl groups excluding tert-OH is 1. The van der Waals surface area contributed by atoms with E-state index in [9.17, 15) is 5.11 Å². The lowest BCUT2D eigenvalue weighted by Gasteiger charge is -2.09. The second kappa shape index (κ2) is 6.79. The summed E-state index contributed by atoms with van der Waals surface area (Å²) < 4.78 is 0.798. The Balaban J connectivity index is 2.21. The predicted octanol–water partition coefficient (Wildman–Crippen LogP) is 3.69. The van der Waals surface area contributed by atoms with Crippen molar-refractivity contribution in [3.8, 4) is 0 Å². The second-order valence-corrected chi connectivity index (χ2v) is 6.87. The molecule has 1 nitrogen and oxygen atoms in total. The van der Waals surface area contributed by atoms with Crippen LogP contribution in [0.15, 0.2) is 12.1 Å². The van der Waals surface area contributed by atoms with E-state index in [1.807, 2.05) is 23.9 Å². The van der Waals surface area contributed by atoms with Crippen molar-refractivity contribution in [2.75, 3.05) is 11.5 Å². The Kier molecular flexibility index (Phi) is 6.05. The minimum atomic E-state index is -0.247. The van der Waals surface area contributed by atoms with E-state index in [0.29, 0.717) is 5.92 Å². The first-order chi connectivity index (χ1) is 7.08. The van der Waals surface area contributed by atoms with Gasteiger partial charge in [0.15, 0.2) is 0 Å². The van der Waals surface area contributed by atoms with E-state index in [2.05, 4.69) is 13.8 Å². The number of thioether (sulfide) groups is 1. The Morgan fingerprint density at radius 3 is 2.67 bits per heavy atom. The van der Waals surface area contributed by atoms with Crippen LogP contribution in [0, 0.1) is 5.92 Å². The summed E-state index contributed by atoms with van der Waals surface area (Å²) in [5.41, 5.74) is 0. The summed E-state index contributed by atoms with van der Waals surface area (Å²) in [7, 11) is 0. The van der Waals surface area contributed by atoms with Crippen LogP contribution >= 0.6 is 34.7 Å². The van der Waals surface area contributed by atoms with Crippen molar-refractivity contribution in [3.05, 3.63) is 21.3 Å². The Labute approximate surface area is 105 Å². The van der Waals surface area contributed by atoms with Gasteiger partial charge < -0.3 is 5.11 Å². The quantitative estimate of drug-likeness (QED) is 0.846. The molecule has 1 aromatic heterocycles. The number of hydrogen-bond acceptors (Lipinski definition) is 3. The normalized spacial score (nSPS) is 13.4. The van der Waals surface area contributed by atoms with Crippen molar-refractivity contribution < 1.29 is 5.11 Å². The zero-order valence-electron chi connectivity index (χ0n) is 9.07. The predicted molar refractivity (Wildman–Crippen MR) is 71.2 cm³/mol. The molecule has 0 bridgehead atoms. The molecule has 0 aliphatic rings. The van der Waals surface area contributed by atoms with Gasteiger partial charge in [-0.2, -0.15) is 11.8 Å². The van der Waals surface area contributed by atoms with Crippen LogP contribution in [-0.2, 0) is 6.42 Å². The zero-order valence-corrected chi connectivity index (χ0v) is 11.5. The van der Waals surface area contributed by atoms with Gasteiger partial charge in [0.1, 0.15) is 0 Å². The minimum Gasteiger partial charge on any atom is -0.392 e. The van der Waals surface area contributed by atoms with E-state index in [0.717, 1.165) is 27.1 Å². The molecule has 0 saturated heterocycles. The third kappa shape index (κ3) is 5.81. The molecule has 0 aromatic carbocycles. The molecule has 0 saturated carbocycles. The van der Waals surface area contributed by atoms with Gasteiger partial charge in [-0.15, -0.1) is 11.3 Å². The number of halogens is 1. The molecule has 1 unspecified atom stereocenters. The van der Waals surface area contributed by atoms with E-state index >= 15 is 0 Å². The average molecular weight is 265 g/mol. The van der Waals surface area contributed by atoms with Crippen LogP contribution in [-0.4, -0.2) is 22.7 Å². The number of thiophene rings is 1. The number of aliphatic hydroxyl groups is 1. The largest absolute Gasteiger partial charge is 0.392 e. The molecule has 0 fully saturated rings. The fourth-order valence-electron chi connectivity index (χ4n) is 1.19. The highest BCUT2D eigenvalue weighted by Crippen LogP contribution is 2.23. The van der Waals surface area contributed by atoms with Crippen LogP contribution in [0.25, 0.3) is 0 Å². The van der Waals surface area contributed by atoms with Crippen molar-refractivity contribution in [2.24, 2.45) is 5.92 Å². The molecule has 1 rings (SSSR count). The van der Waals surface area contributed by atoms with Crippen molar-refractivity contribution >= 4 is 34.7 Å². The van der Waals surface area contributed by atoms with Gasteiger partial charge in [0, 0.05) is 17.1 Å². The van der Waals surface area contributed by atoms with Crippen LogP contribution in [0.4, 0.5) is 0 Å². The third-order valence-electron chi connectivity index (χ3n) is 1.83. The van der Waals surface area contributed by atoms with Gasteiger partial charge in [0.05, 0.1) is 10.4 Å². The van der Waals surface area contributed by atoms with E-state index in [1.54, 1.807) is 11.3 Å². The molecular weight excluding hydrogens is 248 g/mol. The van der Waals surface area contributed by atoms with Crippen LogP contribution in [0.3, 0.4) is 0 Å². The summed E-state index contributed by atoms with van der Waals surface area (Å²) in [6.45, 7) is 4.39. The Morgan fingerprint density at radius 2 is 2.13 bits per heavy atom. The number of hydrogen-bond donors (Lipinski definition) is 1. The monoisotopic (exact) mass is 264 g/mol. The fraction of sp³-hybridized carbons (Fsp3) is 0.636. The summed E-state index contributed by atoms with van der Waals surface area (Å²) in [6, 6.07) is 3.87. The first-order valence-corrected chi connectivity index (χ1v) is 7.43. The zero-order chi connectivity index (χ0) is 11.3. The highest BCUT2D eigenvalue weighted by molar-refractivity contribution is 7.99. The lowest BCUT2D eigenvalue weighted by molar-refractivity contribution is 0.201. The standard InChI is InChI=1S/C11H17ClOS2/c1-8(2)6-14-7-9(13)5-10-3-4-11(12)15-10/h3-4,8-9,13H,5-7H2,1-2H3. The molecule has 0 spiro atoms. The van der Waals surface area contributed by atoms with E-state index in [4.69, 9.17) is 11.6 Å². The summed E-state index contributed by atoms with van der Waals surface area (Å²) in [5.74, 6) is 2.62. The minimum absolute atomic E-state index is 0.247. The topological polar surface area (TPSA) is 20.2 Å². The highest BCUT2D eigenvalue weighted by Gasteiger charge is 2.08.